The minimum atomic E-state index is -0.315. The number of piperidine rings is 2. The normalized spacial score (nSPS) is 23.3. The number of phenols is 1. The molecule has 0 saturated carbocycles. The number of aromatic hydroxyl groups is 1. The van der Waals surface area contributed by atoms with Gasteiger partial charge in [0.1, 0.15) is 11.3 Å². The minimum absolute atomic E-state index is 0.202. The molecule has 0 unspecified atom stereocenters. The first-order valence-electron chi connectivity index (χ1n) is 10.6. The van der Waals surface area contributed by atoms with Crippen LogP contribution < -0.4 is 5.63 Å². The van der Waals surface area contributed by atoms with Crippen LogP contribution in [0, 0.1) is 19.8 Å². The smallest absolute Gasteiger partial charge is 0.339 e. The first-order chi connectivity index (χ1) is 13.5. The van der Waals surface area contributed by atoms with Crippen LogP contribution in [-0.4, -0.2) is 47.6 Å². The largest absolute Gasteiger partial charge is 0.507 e. The van der Waals surface area contributed by atoms with E-state index < -0.39 is 0 Å². The highest BCUT2D eigenvalue weighted by Gasteiger charge is 2.33. The molecule has 3 heterocycles. The molecule has 0 aliphatic carbocycles. The number of phenolic OH excluding ortho intramolecular Hbond substituents is 1. The van der Waals surface area contributed by atoms with Crippen molar-refractivity contribution in [3.05, 3.63) is 39.2 Å². The molecule has 5 heteroatoms. The molecule has 2 atom stereocenters. The molecule has 1 N–H and O–H groups in total. The zero-order valence-corrected chi connectivity index (χ0v) is 17.3. The summed E-state index contributed by atoms with van der Waals surface area (Å²) in [7, 11) is 2.11. The van der Waals surface area contributed by atoms with Gasteiger partial charge in [0.05, 0.1) is 5.56 Å². The highest BCUT2D eigenvalue weighted by molar-refractivity contribution is 5.85. The second kappa shape index (κ2) is 7.88. The van der Waals surface area contributed by atoms with Gasteiger partial charge in [-0.15, -0.1) is 0 Å². The molecule has 4 rings (SSSR count). The van der Waals surface area contributed by atoms with Crippen LogP contribution in [0.3, 0.4) is 0 Å². The maximum Gasteiger partial charge on any atom is 0.339 e. The van der Waals surface area contributed by atoms with E-state index in [2.05, 4.69) is 16.8 Å². The highest BCUT2D eigenvalue weighted by Crippen LogP contribution is 2.33. The number of hydrogen-bond acceptors (Lipinski definition) is 5. The average Bonchev–Trinajstić information content (AvgIpc) is 2.69. The molecule has 152 valence electrons. The van der Waals surface area contributed by atoms with E-state index in [9.17, 15) is 9.90 Å². The van der Waals surface area contributed by atoms with Gasteiger partial charge in [0, 0.05) is 30.1 Å². The number of hydrogen-bond donors (Lipinski definition) is 1. The number of benzene rings is 1. The summed E-state index contributed by atoms with van der Waals surface area (Å²) in [5, 5.41) is 11.4. The third kappa shape index (κ3) is 3.58. The number of aryl methyl sites for hydroxylation is 1. The van der Waals surface area contributed by atoms with Crippen LogP contribution in [0.25, 0.3) is 11.0 Å². The Balaban J connectivity index is 1.57. The molecule has 2 aliphatic heterocycles. The van der Waals surface area contributed by atoms with Gasteiger partial charge >= 0.3 is 5.63 Å². The Hall–Kier alpha value is -1.85. The van der Waals surface area contributed by atoms with Crippen molar-refractivity contribution in [1.82, 2.24) is 9.80 Å². The Bertz CT molecular complexity index is 918. The predicted molar refractivity (Wildman–Crippen MR) is 112 cm³/mol. The lowest BCUT2D eigenvalue weighted by molar-refractivity contribution is 0.0434. The summed E-state index contributed by atoms with van der Waals surface area (Å²) in [6, 6.07) is 4.27. The maximum absolute atomic E-state index is 12.2. The molecule has 28 heavy (non-hydrogen) atoms. The molecule has 5 nitrogen and oxygen atoms in total. The van der Waals surface area contributed by atoms with E-state index in [0.29, 0.717) is 29.7 Å². The molecule has 2 fully saturated rings. The van der Waals surface area contributed by atoms with Crippen molar-refractivity contribution in [3.8, 4) is 5.75 Å². The molecule has 1 aromatic carbocycles. The van der Waals surface area contributed by atoms with Gasteiger partial charge in [0.2, 0.25) is 0 Å². The van der Waals surface area contributed by atoms with Crippen LogP contribution in [0.4, 0.5) is 0 Å². The van der Waals surface area contributed by atoms with Gasteiger partial charge in [-0.05, 0) is 83.3 Å². The summed E-state index contributed by atoms with van der Waals surface area (Å²) in [6.07, 6.45) is 6.55. The van der Waals surface area contributed by atoms with E-state index in [1.807, 2.05) is 13.0 Å². The number of fused-ring (bicyclic) bond motifs is 2. The fourth-order valence-electron chi connectivity index (χ4n) is 5.23. The third-order valence-corrected chi connectivity index (χ3v) is 6.91. The summed E-state index contributed by atoms with van der Waals surface area (Å²) in [6.45, 7) is 7.82. The molecule has 0 amide bonds. The molecule has 0 spiro atoms. The zero-order chi connectivity index (χ0) is 19.8. The SMILES string of the molecule is Cc1c(C)c2ccc(O)c(CN(C)C[C@@H]3CCCN4CCCC[C@H]34)c2oc1=O. The van der Waals surface area contributed by atoms with Crippen molar-refractivity contribution in [2.24, 2.45) is 5.92 Å². The summed E-state index contributed by atoms with van der Waals surface area (Å²) < 4.78 is 5.61. The Morgan fingerprint density at radius 2 is 1.93 bits per heavy atom. The molecular formula is C23H32N2O3. The molecule has 2 aliphatic rings. The molecule has 0 radical (unpaired) electrons. The second-order valence-electron chi connectivity index (χ2n) is 8.78. The van der Waals surface area contributed by atoms with Crippen molar-refractivity contribution in [2.75, 3.05) is 26.7 Å². The molecule has 2 aromatic rings. The molecule has 1 aromatic heterocycles. The van der Waals surface area contributed by atoms with E-state index in [1.165, 1.54) is 45.2 Å². The van der Waals surface area contributed by atoms with E-state index in [1.54, 1.807) is 13.0 Å². The summed E-state index contributed by atoms with van der Waals surface area (Å²) in [5.74, 6) is 0.876. The Morgan fingerprint density at radius 3 is 2.75 bits per heavy atom. The lowest BCUT2D eigenvalue weighted by Gasteiger charge is -2.45. The van der Waals surface area contributed by atoms with Crippen LogP contribution in [0.5, 0.6) is 5.75 Å². The Labute approximate surface area is 166 Å². The molecule has 0 bridgehead atoms. The topological polar surface area (TPSA) is 56.9 Å². The number of rotatable bonds is 4. The van der Waals surface area contributed by atoms with Gasteiger partial charge in [-0.3, -0.25) is 0 Å². The molecular weight excluding hydrogens is 352 g/mol. The lowest BCUT2D eigenvalue weighted by atomic mass is 9.83. The average molecular weight is 385 g/mol. The van der Waals surface area contributed by atoms with Gasteiger partial charge in [0.25, 0.3) is 0 Å². The van der Waals surface area contributed by atoms with E-state index in [-0.39, 0.29) is 11.4 Å². The van der Waals surface area contributed by atoms with Crippen molar-refractivity contribution < 1.29 is 9.52 Å². The quantitative estimate of drug-likeness (QED) is 0.813. The van der Waals surface area contributed by atoms with Gasteiger partial charge in [-0.2, -0.15) is 0 Å². The van der Waals surface area contributed by atoms with Crippen molar-refractivity contribution in [3.63, 3.8) is 0 Å². The Kier molecular flexibility index (Phi) is 5.48. The van der Waals surface area contributed by atoms with Crippen LogP contribution in [-0.2, 0) is 6.54 Å². The lowest BCUT2D eigenvalue weighted by Crippen LogP contribution is -2.50. The minimum Gasteiger partial charge on any atom is -0.507 e. The first kappa shape index (κ1) is 19.5. The standard InChI is InChI=1S/C23H32N2O3/c1-15-16(2)23(27)28-22-18(15)9-10-21(26)19(22)14-24(3)13-17-7-6-12-25-11-5-4-8-20(17)25/h9-10,17,20,26H,4-8,11-14H2,1-3H3/t17-,20+/m0/s1. The van der Waals surface area contributed by atoms with Gasteiger partial charge in [0.15, 0.2) is 0 Å². The highest BCUT2D eigenvalue weighted by atomic mass is 16.4. The van der Waals surface area contributed by atoms with E-state index in [0.717, 1.165) is 23.1 Å². The van der Waals surface area contributed by atoms with E-state index in [4.69, 9.17) is 4.42 Å². The predicted octanol–water partition coefficient (Wildman–Crippen LogP) is 3.81. The maximum atomic E-state index is 12.2. The van der Waals surface area contributed by atoms with E-state index >= 15 is 0 Å². The fourth-order valence-corrected chi connectivity index (χ4v) is 5.23. The monoisotopic (exact) mass is 384 g/mol. The third-order valence-electron chi connectivity index (χ3n) is 6.91. The Morgan fingerprint density at radius 1 is 1.14 bits per heavy atom. The first-order valence-corrected chi connectivity index (χ1v) is 10.6. The second-order valence-corrected chi connectivity index (χ2v) is 8.78. The van der Waals surface area contributed by atoms with Crippen LogP contribution >= 0.6 is 0 Å². The van der Waals surface area contributed by atoms with Crippen LogP contribution in [0.2, 0.25) is 0 Å². The fraction of sp³-hybridized carbons (Fsp3) is 0.609. The number of nitrogens with zero attached hydrogens (tertiary/aromatic N) is 2. The zero-order valence-electron chi connectivity index (χ0n) is 17.3. The van der Waals surface area contributed by atoms with Crippen molar-refractivity contribution >= 4 is 11.0 Å². The van der Waals surface area contributed by atoms with Crippen LogP contribution in [0.15, 0.2) is 21.3 Å². The molecule has 2 saturated heterocycles. The van der Waals surface area contributed by atoms with Crippen molar-refractivity contribution in [2.45, 2.75) is 58.5 Å². The summed E-state index contributed by atoms with van der Waals surface area (Å²) in [5.41, 5.74) is 2.50. The van der Waals surface area contributed by atoms with Gasteiger partial charge < -0.3 is 19.3 Å². The van der Waals surface area contributed by atoms with Crippen molar-refractivity contribution in [1.29, 1.82) is 0 Å². The van der Waals surface area contributed by atoms with Gasteiger partial charge in [-0.25, -0.2) is 4.79 Å². The summed E-state index contributed by atoms with van der Waals surface area (Å²) >= 11 is 0. The van der Waals surface area contributed by atoms with Crippen LogP contribution in [0.1, 0.15) is 48.8 Å². The van der Waals surface area contributed by atoms with Gasteiger partial charge in [-0.1, -0.05) is 6.42 Å². The summed E-state index contributed by atoms with van der Waals surface area (Å²) in [4.78, 5) is 17.2.